The van der Waals surface area contributed by atoms with Gasteiger partial charge in [0, 0.05) is 6.04 Å². The number of anilines is 1. The summed E-state index contributed by atoms with van der Waals surface area (Å²) in [6.07, 6.45) is 2.54. The lowest BCUT2D eigenvalue weighted by atomic mass is 10.1. The molecule has 0 radical (unpaired) electrons. The summed E-state index contributed by atoms with van der Waals surface area (Å²) in [7, 11) is 0. The van der Waals surface area contributed by atoms with Crippen molar-refractivity contribution in [2.24, 2.45) is 5.92 Å². The summed E-state index contributed by atoms with van der Waals surface area (Å²) in [6, 6.07) is 2.58. The molecule has 0 amide bonds. The zero-order valence-electron chi connectivity index (χ0n) is 9.91. The van der Waals surface area contributed by atoms with Crippen LogP contribution in [0.5, 0.6) is 0 Å². The number of aromatic nitrogens is 2. The van der Waals surface area contributed by atoms with E-state index in [4.69, 9.17) is 5.26 Å². The van der Waals surface area contributed by atoms with E-state index in [2.05, 4.69) is 28.5 Å². The monoisotopic (exact) mass is 216 g/mol. The van der Waals surface area contributed by atoms with Crippen LogP contribution in [-0.4, -0.2) is 16.2 Å². The fraction of sp³-hybridized carbons (Fsp3) is 0.583. The highest BCUT2D eigenvalue weighted by molar-refractivity contribution is 5.56. The Morgan fingerprint density at radius 2 is 2.06 bits per heavy atom. The third-order valence-electron chi connectivity index (χ3n) is 3.26. The highest BCUT2D eigenvalue weighted by atomic mass is 15.2. The van der Waals surface area contributed by atoms with Crippen molar-refractivity contribution in [3.8, 4) is 6.07 Å². The first-order chi connectivity index (χ1) is 7.63. The predicted octanol–water partition coefficient (Wildman–Crippen LogP) is 2.18. The van der Waals surface area contributed by atoms with Gasteiger partial charge in [-0.2, -0.15) is 10.4 Å². The standard InChI is InChI=1S/C12H16N4/c1-7-8(2)15-16-12(11(7)6-13)14-9(3)10-4-5-10/h9-10H,4-5H2,1-3H3,(H,14,16). The number of nitrogens with one attached hydrogen (secondary N) is 1. The third kappa shape index (κ3) is 1.99. The lowest BCUT2D eigenvalue weighted by Crippen LogP contribution is -2.20. The Balaban J connectivity index is 2.26. The highest BCUT2D eigenvalue weighted by Gasteiger charge is 2.28. The maximum atomic E-state index is 9.13. The molecule has 1 fully saturated rings. The average Bonchev–Trinajstić information content (AvgIpc) is 3.07. The SMILES string of the molecule is Cc1nnc(NC(C)C2CC2)c(C#N)c1C. The molecule has 1 aromatic rings. The molecule has 0 bridgehead atoms. The second kappa shape index (κ2) is 4.09. The van der Waals surface area contributed by atoms with Gasteiger partial charge in [-0.3, -0.25) is 0 Å². The fourth-order valence-corrected chi connectivity index (χ4v) is 1.78. The molecule has 84 valence electrons. The van der Waals surface area contributed by atoms with Gasteiger partial charge in [-0.15, -0.1) is 5.10 Å². The van der Waals surface area contributed by atoms with Gasteiger partial charge in [-0.05, 0) is 45.1 Å². The summed E-state index contributed by atoms with van der Waals surface area (Å²) in [4.78, 5) is 0. The van der Waals surface area contributed by atoms with E-state index >= 15 is 0 Å². The van der Waals surface area contributed by atoms with E-state index in [1.54, 1.807) is 0 Å². The van der Waals surface area contributed by atoms with Crippen LogP contribution in [-0.2, 0) is 0 Å². The first-order valence-electron chi connectivity index (χ1n) is 5.64. The van der Waals surface area contributed by atoms with Crippen molar-refractivity contribution in [1.82, 2.24) is 10.2 Å². The molecule has 1 aromatic heterocycles. The molecule has 0 aliphatic heterocycles. The predicted molar refractivity (Wildman–Crippen MR) is 62.0 cm³/mol. The Bertz CT molecular complexity index is 443. The van der Waals surface area contributed by atoms with E-state index in [9.17, 15) is 0 Å². The van der Waals surface area contributed by atoms with Crippen molar-refractivity contribution >= 4 is 5.82 Å². The minimum absolute atomic E-state index is 0.378. The first kappa shape index (κ1) is 10.9. The lowest BCUT2D eigenvalue weighted by Gasteiger charge is -2.15. The lowest BCUT2D eigenvalue weighted by molar-refractivity contribution is 0.686. The summed E-state index contributed by atoms with van der Waals surface area (Å²) in [6.45, 7) is 5.92. The number of rotatable bonds is 3. The van der Waals surface area contributed by atoms with Crippen LogP contribution in [0.4, 0.5) is 5.82 Å². The molecule has 4 nitrogen and oxygen atoms in total. The molecule has 4 heteroatoms. The Kier molecular flexibility index (Phi) is 2.78. The molecule has 0 spiro atoms. The molecule has 1 heterocycles. The Labute approximate surface area is 95.7 Å². The van der Waals surface area contributed by atoms with E-state index in [1.165, 1.54) is 12.8 Å². The molecule has 1 saturated carbocycles. The molecule has 1 aliphatic rings. The third-order valence-corrected chi connectivity index (χ3v) is 3.26. The van der Waals surface area contributed by atoms with Gasteiger partial charge < -0.3 is 5.32 Å². The van der Waals surface area contributed by atoms with Crippen LogP contribution in [0, 0.1) is 31.1 Å². The molecular weight excluding hydrogens is 200 g/mol. The maximum Gasteiger partial charge on any atom is 0.167 e. The molecule has 1 atom stereocenters. The van der Waals surface area contributed by atoms with Crippen LogP contribution in [0.3, 0.4) is 0 Å². The smallest absolute Gasteiger partial charge is 0.167 e. The van der Waals surface area contributed by atoms with Crippen LogP contribution in [0.2, 0.25) is 0 Å². The van der Waals surface area contributed by atoms with E-state index in [-0.39, 0.29) is 0 Å². The fourth-order valence-electron chi connectivity index (χ4n) is 1.78. The first-order valence-corrected chi connectivity index (χ1v) is 5.64. The molecule has 16 heavy (non-hydrogen) atoms. The van der Waals surface area contributed by atoms with Crippen LogP contribution in [0.1, 0.15) is 36.6 Å². The van der Waals surface area contributed by atoms with Crippen molar-refractivity contribution in [2.45, 2.75) is 39.7 Å². The van der Waals surface area contributed by atoms with E-state index < -0.39 is 0 Å². The largest absolute Gasteiger partial charge is 0.365 e. The Morgan fingerprint density at radius 1 is 1.38 bits per heavy atom. The zero-order chi connectivity index (χ0) is 11.7. The quantitative estimate of drug-likeness (QED) is 0.841. The highest BCUT2D eigenvalue weighted by Crippen LogP contribution is 2.34. The molecule has 0 saturated heterocycles. The van der Waals surface area contributed by atoms with E-state index in [0.29, 0.717) is 17.4 Å². The van der Waals surface area contributed by atoms with Crippen LogP contribution in [0.25, 0.3) is 0 Å². The van der Waals surface area contributed by atoms with E-state index in [0.717, 1.165) is 17.2 Å². The average molecular weight is 216 g/mol. The van der Waals surface area contributed by atoms with Crippen molar-refractivity contribution in [2.75, 3.05) is 5.32 Å². The zero-order valence-corrected chi connectivity index (χ0v) is 9.91. The topological polar surface area (TPSA) is 61.6 Å². The number of hydrogen-bond donors (Lipinski definition) is 1. The maximum absolute atomic E-state index is 9.13. The molecule has 0 aromatic carbocycles. The van der Waals surface area contributed by atoms with Crippen molar-refractivity contribution < 1.29 is 0 Å². The number of hydrogen-bond acceptors (Lipinski definition) is 4. The van der Waals surface area contributed by atoms with Gasteiger partial charge in [-0.1, -0.05) is 0 Å². The summed E-state index contributed by atoms with van der Waals surface area (Å²) in [5.41, 5.74) is 2.36. The summed E-state index contributed by atoms with van der Waals surface area (Å²) in [5, 5.41) is 20.6. The van der Waals surface area contributed by atoms with Gasteiger partial charge in [0.05, 0.1) is 5.69 Å². The van der Waals surface area contributed by atoms with Gasteiger partial charge in [0.2, 0.25) is 0 Å². The molecule has 1 unspecified atom stereocenters. The summed E-state index contributed by atoms with van der Waals surface area (Å²) >= 11 is 0. The number of aryl methyl sites for hydroxylation is 1. The molecule has 1 N–H and O–H groups in total. The van der Waals surface area contributed by atoms with E-state index in [1.807, 2.05) is 13.8 Å². The number of nitrogens with zero attached hydrogens (tertiary/aromatic N) is 3. The van der Waals surface area contributed by atoms with Gasteiger partial charge in [0.1, 0.15) is 11.6 Å². The second-order valence-corrected chi connectivity index (χ2v) is 4.52. The second-order valence-electron chi connectivity index (χ2n) is 4.52. The van der Waals surface area contributed by atoms with Crippen LogP contribution < -0.4 is 5.32 Å². The number of nitriles is 1. The Hall–Kier alpha value is -1.63. The van der Waals surface area contributed by atoms with Crippen molar-refractivity contribution in [3.05, 3.63) is 16.8 Å². The van der Waals surface area contributed by atoms with Crippen LogP contribution in [0.15, 0.2) is 0 Å². The molecule has 1 aliphatic carbocycles. The van der Waals surface area contributed by atoms with Gasteiger partial charge in [0.15, 0.2) is 5.82 Å². The minimum Gasteiger partial charge on any atom is -0.365 e. The summed E-state index contributed by atoms with van der Waals surface area (Å²) in [5.74, 6) is 1.36. The van der Waals surface area contributed by atoms with Gasteiger partial charge in [-0.25, -0.2) is 0 Å². The van der Waals surface area contributed by atoms with Crippen molar-refractivity contribution in [1.29, 1.82) is 5.26 Å². The molecule has 2 rings (SSSR count). The molecular formula is C12H16N4. The van der Waals surface area contributed by atoms with Crippen molar-refractivity contribution in [3.63, 3.8) is 0 Å². The summed E-state index contributed by atoms with van der Waals surface area (Å²) < 4.78 is 0. The normalized spacial score (nSPS) is 16.6. The van der Waals surface area contributed by atoms with Gasteiger partial charge >= 0.3 is 0 Å². The Morgan fingerprint density at radius 3 is 2.62 bits per heavy atom. The van der Waals surface area contributed by atoms with Gasteiger partial charge in [0.25, 0.3) is 0 Å². The minimum atomic E-state index is 0.378. The van der Waals surface area contributed by atoms with Crippen LogP contribution >= 0.6 is 0 Å².